The smallest absolute Gasteiger partial charge is 0.174 e. The van der Waals surface area contributed by atoms with E-state index in [1.165, 1.54) is 11.8 Å². The molecule has 0 aliphatic rings. The van der Waals surface area contributed by atoms with Crippen LogP contribution in [0.5, 0.6) is 5.75 Å². The molecule has 0 aliphatic carbocycles. The zero-order valence-corrected chi connectivity index (χ0v) is 11.3. The summed E-state index contributed by atoms with van der Waals surface area (Å²) in [6, 6.07) is 5.62. The Kier molecular flexibility index (Phi) is 4.28. The van der Waals surface area contributed by atoms with Gasteiger partial charge in [-0.3, -0.25) is 0 Å². The SMILES string of the molecule is CSc1cccc(OC(C)(C)C)c1/C(N)=N/O. The third kappa shape index (κ3) is 3.56. The molecule has 1 aromatic carbocycles. The summed E-state index contributed by atoms with van der Waals surface area (Å²) in [7, 11) is 0. The summed E-state index contributed by atoms with van der Waals surface area (Å²) in [5.74, 6) is 0.689. The summed E-state index contributed by atoms with van der Waals surface area (Å²) in [5, 5.41) is 11.9. The van der Waals surface area contributed by atoms with Crippen LogP contribution in [0.1, 0.15) is 26.3 Å². The van der Waals surface area contributed by atoms with E-state index in [1.54, 1.807) is 0 Å². The van der Waals surface area contributed by atoms with Crippen molar-refractivity contribution in [2.75, 3.05) is 6.26 Å². The Morgan fingerprint density at radius 2 is 2.06 bits per heavy atom. The van der Waals surface area contributed by atoms with Crippen molar-refractivity contribution in [1.82, 2.24) is 0 Å². The topological polar surface area (TPSA) is 67.8 Å². The van der Waals surface area contributed by atoms with Crippen LogP contribution in [0, 0.1) is 0 Å². The number of ether oxygens (including phenoxy) is 1. The van der Waals surface area contributed by atoms with Crippen molar-refractivity contribution in [3.05, 3.63) is 23.8 Å². The van der Waals surface area contributed by atoms with Gasteiger partial charge in [0.05, 0.1) is 5.56 Å². The highest BCUT2D eigenvalue weighted by Crippen LogP contribution is 2.30. The predicted octanol–water partition coefficient (Wildman–Crippen LogP) is 2.68. The molecule has 0 bridgehead atoms. The lowest BCUT2D eigenvalue weighted by Gasteiger charge is -2.23. The summed E-state index contributed by atoms with van der Waals surface area (Å²) in [6.07, 6.45) is 1.93. The van der Waals surface area contributed by atoms with Crippen LogP contribution in [0.15, 0.2) is 28.3 Å². The van der Waals surface area contributed by atoms with Crippen LogP contribution in [0.2, 0.25) is 0 Å². The molecule has 3 N–H and O–H groups in total. The molecule has 5 heteroatoms. The normalized spacial score (nSPS) is 12.6. The molecular formula is C12H18N2O2S. The molecule has 1 aromatic rings. The molecule has 0 spiro atoms. The molecule has 17 heavy (non-hydrogen) atoms. The quantitative estimate of drug-likeness (QED) is 0.286. The second kappa shape index (κ2) is 5.31. The number of nitrogens with two attached hydrogens (primary N) is 1. The highest BCUT2D eigenvalue weighted by molar-refractivity contribution is 7.98. The first-order valence-electron chi connectivity index (χ1n) is 5.23. The van der Waals surface area contributed by atoms with Gasteiger partial charge >= 0.3 is 0 Å². The zero-order chi connectivity index (χ0) is 13.1. The van der Waals surface area contributed by atoms with Gasteiger partial charge in [0.1, 0.15) is 11.4 Å². The van der Waals surface area contributed by atoms with E-state index in [1.807, 2.05) is 45.2 Å². The van der Waals surface area contributed by atoms with Crippen LogP contribution in [0.3, 0.4) is 0 Å². The van der Waals surface area contributed by atoms with Crippen molar-refractivity contribution in [1.29, 1.82) is 0 Å². The monoisotopic (exact) mass is 254 g/mol. The van der Waals surface area contributed by atoms with Crippen LogP contribution >= 0.6 is 11.8 Å². The lowest BCUT2D eigenvalue weighted by Crippen LogP contribution is -2.25. The van der Waals surface area contributed by atoms with E-state index in [2.05, 4.69) is 5.16 Å². The van der Waals surface area contributed by atoms with Gasteiger partial charge in [-0.25, -0.2) is 0 Å². The number of amidine groups is 1. The van der Waals surface area contributed by atoms with Gasteiger partial charge in [0.25, 0.3) is 0 Å². The third-order valence-electron chi connectivity index (χ3n) is 1.99. The molecule has 0 radical (unpaired) electrons. The molecule has 0 fully saturated rings. The largest absolute Gasteiger partial charge is 0.487 e. The maximum Gasteiger partial charge on any atom is 0.174 e. The van der Waals surface area contributed by atoms with E-state index in [4.69, 9.17) is 15.7 Å². The Labute approximate surface area is 106 Å². The number of hydrogen-bond donors (Lipinski definition) is 2. The highest BCUT2D eigenvalue weighted by atomic mass is 32.2. The first-order chi connectivity index (χ1) is 7.89. The van der Waals surface area contributed by atoms with E-state index in [0.29, 0.717) is 11.3 Å². The van der Waals surface area contributed by atoms with Crippen LogP contribution in [0.25, 0.3) is 0 Å². The molecule has 0 saturated heterocycles. The fraction of sp³-hybridized carbons (Fsp3) is 0.417. The maximum atomic E-state index is 8.83. The summed E-state index contributed by atoms with van der Waals surface area (Å²) in [6.45, 7) is 5.86. The Hall–Kier alpha value is -1.36. The van der Waals surface area contributed by atoms with Gasteiger partial charge in [0.15, 0.2) is 5.84 Å². The van der Waals surface area contributed by atoms with Crippen LogP contribution in [-0.4, -0.2) is 22.9 Å². The molecule has 94 valence electrons. The molecule has 0 aromatic heterocycles. The van der Waals surface area contributed by atoms with Gasteiger partial charge in [-0.2, -0.15) is 0 Å². The number of benzene rings is 1. The Balaban J connectivity index is 3.30. The fourth-order valence-corrected chi connectivity index (χ4v) is 2.02. The third-order valence-corrected chi connectivity index (χ3v) is 2.77. The van der Waals surface area contributed by atoms with Gasteiger partial charge in [0.2, 0.25) is 0 Å². The Morgan fingerprint density at radius 3 is 2.53 bits per heavy atom. The lowest BCUT2D eigenvalue weighted by atomic mass is 10.1. The highest BCUT2D eigenvalue weighted by Gasteiger charge is 2.19. The number of nitrogens with zero attached hydrogens (tertiary/aromatic N) is 1. The first kappa shape index (κ1) is 13.7. The summed E-state index contributed by atoms with van der Waals surface area (Å²) < 4.78 is 5.81. The van der Waals surface area contributed by atoms with Gasteiger partial charge in [-0.1, -0.05) is 11.2 Å². The molecule has 4 nitrogen and oxygen atoms in total. The second-order valence-electron chi connectivity index (χ2n) is 4.53. The Bertz CT molecular complexity index is 425. The van der Waals surface area contributed by atoms with Crippen LogP contribution in [-0.2, 0) is 0 Å². The van der Waals surface area contributed by atoms with Gasteiger partial charge in [-0.15, -0.1) is 11.8 Å². The summed E-state index contributed by atoms with van der Waals surface area (Å²) >= 11 is 1.53. The molecular weight excluding hydrogens is 236 g/mol. The number of thioether (sulfide) groups is 1. The number of rotatable bonds is 3. The van der Waals surface area contributed by atoms with Crippen LogP contribution < -0.4 is 10.5 Å². The van der Waals surface area contributed by atoms with Crippen molar-refractivity contribution in [2.45, 2.75) is 31.3 Å². The van der Waals surface area contributed by atoms with Crippen molar-refractivity contribution in [3.63, 3.8) is 0 Å². The second-order valence-corrected chi connectivity index (χ2v) is 5.38. The minimum atomic E-state index is -0.332. The summed E-state index contributed by atoms with van der Waals surface area (Å²) in [5.41, 5.74) is 6.00. The standard InChI is InChI=1S/C12H18N2O2S/c1-12(2,3)16-8-6-5-7-9(17-4)10(8)11(13)14-15/h5-7,15H,1-4H3,(H2,13,14). The first-order valence-corrected chi connectivity index (χ1v) is 6.45. The van der Waals surface area contributed by atoms with E-state index in [9.17, 15) is 0 Å². The molecule has 0 atom stereocenters. The lowest BCUT2D eigenvalue weighted by molar-refractivity contribution is 0.130. The van der Waals surface area contributed by atoms with Gasteiger partial charge in [-0.05, 0) is 39.2 Å². The molecule has 0 unspecified atom stereocenters. The molecule has 0 amide bonds. The van der Waals surface area contributed by atoms with E-state index in [-0.39, 0.29) is 11.4 Å². The average molecular weight is 254 g/mol. The van der Waals surface area contributed by atoms with Crippen molar-refractivity contribution >= 4 is 17.6 Å². The maximum absolute atomic E-state index is 8.83. The van der Waals surface area contributed by atoms with Crippen LogP contribution in [0.4, 0.5) is 0 Å². The van der Waals surface area contributed by atoms with Crippen molar-refractivity contribution in [3.8, 4) is 5.75 Å². The molecule has 0 aliphatic heterocycles. The van der Waals surface area contributed by atoms with Gasteiger partial charge < -0.3 is 15.7 Å². The van der Waals surface area contributed by atoms with Gasteiger partial charge in [0, 0.05) is 4.90 Å². The number of oxime groups is 1. The zero-order valence-electron chi connectivity index (χ0n) is 10.5. The van der Waals surface area contributed by atoms with Crippen molar-refractivity contribution < 1.29 is 9.94 Å². The predicted molar refractivity (Wildman–Crippen MR) is 71.1 cm³/mol. The molecule has 1 rings (SSSR count). The van der Waals surface area contributed by atoms with E-state index in [0.717, 1.165) is 4.90 Å². The average Bonchev–Trinajstić information content (AvgIpc) is 2.25. The molecule has 0 saturated carbocycles. The van der Waals surface area contributed by atoms with E-state index < -0.39 is 0 Å². The van der Waals surface area contributed by atoms with E-state index >= 15 is 0 Å². The number of hydrogen-bond acceptors (Lipinski definition) is 4. The fourth-order valence-electron chi connectivity index (χ4n) is 1.40. The summed E-state index contributed by atoms with van der Waals surface area (Å²) in [4.78, 5) is 0.919. The minimum Gasteiger partial charge on any atom is -0.487 e. The molecule has 0 heterocycles. The van der Waals surface area contributed by atoms with Crippen molar-refractivity contribution in [2.24, 2.45) is 10.9 Å². The minimum absolute atomic E-state index is 0.0641. The Morgan fingerprint density at radius 1 is 1.41 bits per heavy atom.